The van der Waals surface area contributed by atoms with E-state index >= 15 is 0 Å². The Labute approximate surface area is 186 Å². The van der Waals surface area contributed by atoms with E-state index in [2.05, 4.69) is 31.4 Å². The van der Waals surface area contributed by atoms with Crippen LogP contribution in [0.2, 0.25) is 0 Å². The Bertz CT molecular complexity index is 902. The number of aromatic nitrogens is 1. The monoisotopic (exact) mass is 499 g/mol. The Morgan fingerprint density at radius 3 is 2.77 bits per heavy atom. The summed E-state index contributed by atoms with van der Waals surface area (Å²) in [4.78, 5) is 26.6. The van der Waals surface area contributed by atoms with Crippen molar-refractivity contribution in [2.24, 2.45) is 5.10 Å². The minimum atomic E-state index is -0.362. The normalized spacial score (nSPS) is 10.7. The van der Waals surface area contributed by atoms with Crippen LogP contribution < -0.4 is 14.9 Å². The van der Waals surface area contributed by atoms with Crippen molar-refractivity contribution >= 4 is 50.6 Å². The van der Waals surface area contributed by atoms with E-state index in [4.69, 9.17) is 18.9 Å². The number of methoxy groups -OCH3 is 1. The van der Waals surface area contributed by atoms with Gasteiger partial charge in [0.25, 0.3) is 0 Å². The fourth-order valence-corrected chi connectivity index (χ4v) is 3.30. The quantitative estimate of drug-likeness (QED) is 0.217. The lowest BCUT2D eigenvalue weighted by atomic mass is 10.2. The summed E-state index contributed by atoms with van der Waals surface area (Å²) in [5.74, 6) is 0.335. The molecule has 30 heavy (non-hydrogen) atoms. The van der Waals surface area contributed by atoms with Gasteiger partial charge in [-0.3, -0.25) is 15.0 Å². The molecule has 0 saturated heterocycles. The van der Waals surface area contributed by atoms with Crippen molar-refractivity contribution in [3.05, 3.63) is 33.2 Å². The first-order valence-corrected chi connectivity index (χ1v) is 10.6. The van der Waals surface area contributed by atoms with Crippen LogP contribution in [0.25, 0.3) is 0 Å². The summed E-state index contributed by atoms with van der Waals surface area (Å²) in [7, 11) is 1.53. The molecule has 2 aromatic rings. The predicted octanol–water partition coefficient (Wildman–Crippen LogP) is 3.41. The topological polar surface area (TPSA) is 108 Å². The molecule has 0 aliphatic heterocycles. The average molecular weight is 500 g/mol. The molecule has 11 heteroatoms. The first-order chi connectivity index (χ1) is 14.4. The number of anilines is 1. The second-order valence-corrected chi connectivity index (χ2v) is 7.42. The van der Waals surface area contributed by atoms with Crippen LogP contribution in [0.1, 0.15) is 25.1 Å². The minimum Gasteiger partial charge on any atom is -0.493 e. The summed E-state index contributed by atoms with van der Waals surface area (Å²) in [5.41, 5.74) is 4.20. The van der Waals surface area contributed by atoms with Gasteiger partial charge in [0.15, 0.2) is 11.5 Å². The number of benzene rings is 1. The van der Waals surface area contributed by atoms with E-state index in [1.54, 1.807) is 30.7 Å². The predicted molar refractivity (Wildman–Crippen MR) is 116 cm³/mol. The van der Waals surface area contributed by atoms with Crippen LogP contribution in [0, 0.1) is 0 Å². The highest BCUT2D eigenvalue weighted by molar-refractivity contribution is 9.10. The van der Waals surface area contributed by atoms with Crippen LogP contribution in [-0.4, -0.2) is 50.1 Å². The molecule has 0 spiro atoms. The van der Waals surface area contributed by atoms with Crippen LogP contribution in [0.5, 0.6) is 11.5 Å². The van der Waals surface area contributed by atoms with Crippen molar-refractivity contribution in [1.29, 1.82) is 0 Å². The van der Waals surface area contributed by atoms with Gasteiger partial charge in [-0.05, 0) is 35.0 Å². The highest BCUT2D eigenvalue weighted by Crippen LogP contribution is 2.33. The lowest BCUT2D eigenvalue weighted by molar-refractivity contribution is -0.143. The Balaban J connectivity index is 1.97. The van der Waals surface area contributed by atoms with E-state index in [-0.39, 0.29) is 31.6 Å². The van der Waals surface area contributed by atoms with Gasteiger partial charge in [-0.1, -0.05) is 0 Å². The summed E-state index contributed by atoms with van der Waals surface area (Å²) in [6.45, 7) is 3.79. The molecule has 0 amide bonds. The van der Waals surface area contributed by atoms with E-state index in [1.165, 1.54) is 25.4 Å². The number of ether oxygens (including phenoxy) is 4. The summed E-state index contributed by atoms with van der Waals surface area (Å²) in [6.07, 6.45) is 1.72. The van der Waals surface area contributed by atoms with Crippen molar-refractivity contribution in [2.75, 3.05) is 32.4 Å². The molecule has 0 radical (unpaired) electrons. The van der Waals surface area contributed by atoms with Gasteiger partial charge in [-0.2, -0.15) is 5.10 Å². The maximum atomic E-state index is 11.5. The molecule has 0 aliphatic rings. The van der Waals surface area contributed by atoms with Crippen LogP contribution in [0.15, 0.2) is 27.1 Å². The molecule has 0 unspecified atom stereocenters. The Morgan fingerprint density at radius 2 is 2.07 bits per heavy atom. The Morgan fingerprint density at radius 1 is 1.27 bits per heavy atom. The zero-order chi connectivity index (χ0) is 21.9. The molecular weight excluding hydrogens is 478 g/mol. The molecule has 9 nitrogen and oxygen atoms in total. The fourth-order valence-electron chi connectivity index (χ4n) is 2.22. The third-order valence-electron chi connectivity index (χ3n) is 3.48. The smallest absolute Gasteiger partial charge is 0.311 e. The summed E-state index contributed by atoms with van der Waals surface area (Å²) in [5, 5.41) is 6.50. The van der Waals surface area contributed by atoms with Crippen molar-refractivity contribution in [2.45, 2.75) is 20.3 Å². The SMILES string of the molecule is CCOC(=O)Cc1csc(NN=Cc2cc(OC)c(OCCOC(C)=O)cc2Br)n1. The zero-order valence-electron chi connectivity index (χ0n) is 16.8. The molecule has 0 atom stereocenters. The maximum Gasteiger partial charge on any atom is 0.311 e. The van der Waals surface area contributed by atoms with Gasteiger partial charge >= 0.3 is 11.9 Å². The van der Waals surface area contributed by atoms with Gasteiger partial charge < -0.3 is 18.9 Å². The Kier molecular flexibility index (Phi) is 9.55. The van der Waals surface area contributed by atoms with E-state index < -0.39 is 0 Å². The number of hydrogen-bond donors (Lipinski definition) is 1. The van der Waals surface area contributed by atoms with Gasteiger partial charge in [-0.25, -0.2) is 4.98 Å². The first kappa shape index (κ1) is 23.6. The highest BCUT2D eigenvalue weighted by atomic mass is 79.9. The largest absolute Gasteiger partial charge is 0.493 e. The number of hydrazone groups is 1. The number of rotatable bonds is 11. The highest BCUT2D eigenvalue weighted by Gasteiger charge is 2.11. The number of carbonyl (C=O) groups is 2. The van der Waals surface area contributed by atoms with Gasteiger partial charge in [0.1, 0.15) is 13.2 Å². The first-order valence-electron chi connectivity index (χ1n) is 8.95. The van der Waals surface area contributed by atoms with Crippen LogP contribution in [-0.2, 0) is 25.5 Å². The lowest BCUT2D eigenvalue weighted by Crippen LogP contribution is -2.10. The fraction of sp³-hybridized carbons (Fsp3) is 0.368. The minimum absolute atomic E-state index is 0.122. The number of esters is 2. The molecule has 162 valence electrons. The molecule has 1 aromatic carbocycles. The molecular formula is C19H22BrN3O6S. The van der Waals surface area contributed by atoms with Gasteiger partial charge in [0.05, 0.1) is 32.0 Å². The molecule has 0 fully saturated rings. The molecule has 0 saturated carbocycles. The van der Waals surface area contributed by atoms with E-state index in [0.29, 0.717) is 28.9 Å². The van der Waals surface area contributed by atoms with Crippen molar-refractivity contribution in [1.82, 2.24) is 4.98 Å². The molecule has 2 rings (SSSR count). The average Bonchev–Trinajstić information content (AvgIpc) is 3.13. The van der Waals surface area contributed by atoms with Gasteiger partial charge in [-0.15, -0.1) is 11.3 Å². The van der Waals surface area contributed by atoms with Gasteiger partial charge in [0.2, 0.25) is 5.13 Å². The van der Waals surface area contributed by atoms with Crippen LogP contribution >= 0.6 is 27.3 Å². The molecule has 0 bridgehead atoms. The number of thiazole rings is 1. The standard InChI is InChI=1S/C19H22BrN3O6S/c1-4-27-18(25)8-14-11-30-19(22-14)23-21-10-13-7-16(26-3)17(9-15(13)20)29-6-5-28-12(2)24/h7,9-11H,4-6,8H2,1-3H3,(H,22,23). The number of nitrogens with zero attached hydrogens (tertiary/aromatic N) is 2. The summed E-state index contributed by atoms with van der Waals surface area (Å²) >= 11 is 4.81. The van der Waals surface area contributed by atoms with Gasteiger partial charge in [0, 0.05) is 22.3 Å². The maximum absolute atomic E-state index is 11.5. The second-order valence-electron chi connectivity index (χ2n) is 5.71. The van der Waals surface area contributed by atoms with E-state index in [1.807, 2.05) is 0 Å². The number of nitrogens with one attached hydrogen (secondary N) is 1. The number of carbonyl (C=O) groups excluding carboxylic acids is 2. The molecule has 1 aromatic heterocycles. The zero-order valence-corrected chi connectivity index (χ0v) is 19.2. The second kappa shape index (κ2) is 12.1. The molecule has 1 heterocycles. The third kappa shape index (κ3) is 7.64. The van der Waals surface area contributed by atoms with Crippen LogP contribution in [0.4, 0.5) is 5.13 Å². The van der Waals surface area contributed by atoms with Crippen molar-refractivity contribution in [3.8, 4) is 11.5 Å². The van der Waals surface area contributed by atoms with E-state index in [0.717, 1.165) is 10.0 Å². The Hall–Kier alpha value is -2.66. The van der Waals surface area contributed by atoms with E-state index in [9.17, 15) is 9.59 Å². The summed E-state index contributed by atoms with van der Waals surface area (Å²) in [6, 6.07) is 3.50. The van der Waals surface area contributed by atoms with Crippen LogP contribution in [0.3, 0.4) is 0 Å². The number of halogens is 1. The third-order valence-corrected chi connectivity index (χ3v) is 4.96. The molecule has 0 aliphatic carbocycles. The van der Waals surface area contributed by atoms with Crippen molar-refractivity contribution in [3.63, 3.8) is 0 Å². The lowest BCUT2D eigenvalue weighted by Gasteiger charge is -2.12. The number of hydrogen-bond acceptors (Lipinski definition) is 10. The van der Waals surface area contributed by atoms with Crippen molar-refractivity contribution < 1.29 is 28.5 Å². The molecule has 1 N–H and O–H groups in total. The summed E-state index contributed by atoms with van der Waals surface area (Å²) < 4.78 is 21.4.